The number of nitrogens with one attached hydrogen (secondary N) is 1. The minimum atomic E-state index is -1.13. The Bertz CT molecular complexity index is 1170. The van der Waals surface area contributed by atoms with E-state index >= 15 is 0 Å². The van der Waals surface area contributed by atoms with Crippen molar-refractivity contribution >= 4 is 34.7 Å². The van der Waals surface area contributed by atoms with E-state index in [1.807, 2.05) is 36.4 Å². The molecule has 0 heterocycles. The number of carbonyl (C=O) groups excluding carboxylic acids is 2. The molecule has 0 aliphatic carbocycles. The molecular weight excluding hydrogens is 442 g/mol. The van der Waals surface area contributed by atoms with Crippen LogP contribution in [0, 0.1) is 0 Å². The van der Waals surface area contributed by atoms with Crippen molar-refractivity contribution in [1.82, 2.24) is 0 Å². The monoisotopic (exact) mass is 465 g/mol. The quantitative estimate of drug-likeness (QED) is 0.362. The van der Waals surface area contributed by atoms with Crippen LogP contribution in [0.5, 0.6) is 11.5 Å². The van der Waals surface area contributed by atoms with Crippen molar-refractivity contribution in [1.29, 1.82) is 0 Å². The van der Waals surface area contributed by atoms with Gasteiger partial charge < -0.3 is 20.5 Å². The van der Waals surface area contributed by atoms with E-state index in [-0.39, 0.29) is 5.78 Å². The molecule has 0 spiro atoms. The molecular formula is C25H24ClN3O4. The van der Waals surface area contributed by atoms with E-state index in [1.165, 1.54) is 21.1 Å². The Morgan fingerprint density at radius 3 is 2.06 bits per heavy atom. The Morgan fingerprint density at radius 1 is 0.939 bits per heavy atom. The number of nitrogens with zero attached hydrogens (tertiary/aromatic N) is 1. The van der Waals surface area contributed by atoms with E-state index in [1.54, 1.807) is 30.3 Å². The molecule has 7 nitrogen and oxygen atoms in total. The number of hydrogen-bond acceptors (Lipinski definition) is 6. The number of benzene rings is 3. The third-order valence-electron chi connectivity index (χ3n) is 4.83. The predicted molar refractivity (Wildman–Crippen MR) is 130 cm³/mol. The number of amides is 1. The van der Waals surface area contributed by atoms with Crippen LogP contribution in [-0.4, -0.2) is 37.8 Å². The standard InChI is InChI=1S/C25H24ClN3O4/c1-15(30)22-20(32-2)13-19(14-21(22)33-3)28-25(24(27)31)29-23(16-8-5-4-6-9-16)17-10-7-11-18(26)12-17/h4-14,25,28H,1-3H3,(H2,27,31)/b29-23-. The highest BCUT2D eigenvalue weighted by Crippen LogP contribution is 2.33. The molecule has 33 heavy (non-hydrogen) atoms. The second-order valence-corrected chi connectivity index (χ2v) is 7.55. The third-order valence-corrected chi connectivity index (χ3v) is 5.07. The number of ketones is 1. The molecule has 0 aromatic heterocycles. The largest absolute Gasteiger partial charge is 0.496 e. The summed E-state index contributed by atoms with van der Waals surface area (Å²) in [6, 6.07) is 19.7. The van der Waals surface area contributed by atoms with Crippen LogP contribution in [0.25, 0.3) is 0 Å². The molecule has 3 N–H and O–H groups in total. The van der Waals surface area contributed by atoms with Gasteiger partial charge in [-0.25, -0.2) is 4.99 Å². The molecule has 0 aliphatic heterocycles. The van der Waals surface area contributed by atoms with Gasteiger partial charge in [-0.15, -0.1) is 0 Å². The molecule has 170 valence electrons. The van der Waals surface area contributed by atoms with E-state index in [9.17, 15) is 9.59 Å². The molecule has 0 radical (unpaired) electrons. The van der Waals surface area contributed by atoms with Gasteiger partial charge in [-0.3, -0.25) is 9.59 Å². The summed E-state index contributed by atoms with van der Waals surface area (Å²) in [5.74, 6) is -0.310. The van der Waals surface area contributed by atoms with Crippen molar-refractivity contribution in [2.24, 2.45) is 10.7 Å². The average molecular weight is 466 g/mol. The second kappa shape index (κ2) is 10.7. The first kappa shape index (κ1) is 23.8. The van der Waals surface area contributed by atoms with Crippen molar-refractivity contribution in [3.63, 3.8) is 0 Å². The zero-order valence-electron chi connectivity index (χ0n) is 18.5. The summed E-state index contributed by atoms with van der Waals surface area (Å²) in [7, 11) is 2.89. The lowest BCUT2D eigenvalue weighted by atomic mass is 10.0. The van der Waals surface area contributed by atoms with Crippen LogP contribution in [-0.2, 0) is 4.79 Å². The fraction of sp³-hybridized carbons (Fsp3) is 0.160. The van der Waals surface area contributed by atoms with Gasteiger partial charge >= 0.3 is 0 Å². The number of aliphatic imine (C=N–C) groups is 1. The SMILES string of the molecule is COc1cc(NC(/N=C(/c2ccccc2)c2cccc(Cl)c2)C(N)=O)cc(OC)c1C(C)=O. The van der Waals surface area contributed by atoms with Crippen molar-refractivity contribution in [2.45, 2.75) is 13.1 Å². The number of Topliss-reactive ketones (excluding diaryl/α,β-unsaturated/α-hetero) is 1. The number of nitrogens with two attached hydrogens (primary N) is 1. The van der Waals surface area contributed by atoms with Gasteiger partial charge in [-0.1, -0.05) is 54.1 Å². The molecule has 3 aromatic carbocycles. The van der Waals surface area contributed by atoms with Crippen molar-refractivity contribution < 1.29 is 19.1 Å². The topological polar surface area (TPSA) is 103 Å². The number of methoxy groups -OCH3 is 2. The predicted octanol–water partition coefficient (Wildman–Crippen LogP) is 4.32. The van der Waals surface area contributed by atoms with Gasteiger partial charge in [-0.05, 0) is 19.1 Å². The molecule has 0 bridgehead atoms. The summed E-state index contributed by atoms with van der Waals surface area (Å²) in [6.07, 6.45) is -1.13. The lowest BCUT2D eigenvalue weighted by Gasteiger charge is -2.18. The Morgan fingerprint density at radius 2 is 1.55 bits per heavy atom. The second-order valence-electron chi connectivity index (χ2n) is 7.12. The third kappa shape index (κ3) is 5.70. The van der Waals surface area contributed by atoms with Crippen LogP contribution in [0.3, 0.4) is 0 Å². The van der Waals surface area contributed by atoms with Crippen molar-refractivity contribution in [3.8, 4) is 11.5 Å². The first-order valence-corrected chi connectivity index (χ1v) is 10.4. The number of primary amides is 1. The number of rotatable bonds is 9. The minimum Gasteiger partial charge on any atom is -0.496 e. The summed E-state index contributed by atoms with van der Waals surface area (Å²) in [5, 5.41) is 3.55. The summed E-state index contributed by atoms with van der Waals surface area (Å²) >= 11 is 6.19. The molecule has 3 aromatic rings. The number of halogens is 1. The number of carbonyl (C=O) groups is 2. The normalized spacial score (nSPS) is 12.1. The molecule has 0 aliphatic rings. The van der Waals surface area contributed by atoms with E-state index in [2.05, 4.69) is 10.3 Å². The number of ether oxygens (including phenoxy) is 2. The molecule has 1 amide bonds. The zero-order valence-corrected chi connectivity index (χ0v) is 19.2. The number of anilines is 1. The fourth-order valence-electron chi connectivity index (χ4n) is 3.34. The van der Waals surface area contributed by atoms with Gasteiger partial charge in [0.1, 0.15) is 17.1 Å². The molecule has 0 saturated heterocycles. The average Bonchev–Trinajstić information content (AvgIpc) is 2.81. The van der Waals surface area contributed by atoms with Crippen LogP contribution >= 0.6 is 11.6 Å². The smallest absolute Gasteiger partial charge is 0.262 e. The summed E-state index contributed by atoms with van der Waals surface area (Å²) < 4.78 is 10.7. The van der Waals surface area contributed by atoms with Gasteiger partial charge in [0.2, 0.25) is 0 Å². The molecule has 1 unspecified atom stereocenters. The van der Waals surface area contributed by atoms with Gasteiger partial charge in [0.05, 0.1) is 19.9 Å². The first-order valence-electron chi connectivity index (χ1n) is 10.1. The van der Waals surface area contributed by atoms with E-state index in [0.717, 1.165) is 11.1 Å². The first-order chi connectivity index (χ1) is 15.8. The molecule has 0 saturated carbocycles. The molecule has 8 heteroatoms. The van der Waals surface area contributed by atoms with Gasteiger partial charge in [0, 0.05) is 34.0 Å². The highest BCUT2D eigenvalue weighted by atomic mass is 35.5. The Kier molecular flexibility index (Phi) is 7.69. The highest BCUT2D eigenvalue weighted by molar-refractivity contribution is 6.31. The lowest BCUT2D eigenvalue weighted by molar-refractivity contribution is -0.118. The van der Waals surface area contributed by atoms with Crippen LogP contribution in [0.15, 0.2) is 71.7 Å². The Hall–Kier alpha value is -3.84. The molecule has 0 fully saturated rings. The van der Waals surface area contributed by atoms with Gasteiger partial charge in [0.15, 0.2) is 11.9 Å². The Labute approximate surface area is 197 Å². The van der Waals surface area contributed by atoms with Crippen molar-refractivity contribution in [2.75, 3.05) is 19.5 Å². The maximum Gasteiger partial charge on any atom is 0.262 e. The fourth-order valence-corrected chi connectivity index (χ4v) is 3.53. The summed E-state index contributed by atoms with van der Waals surface area (Å²) in [6.45, 7) is 1.42. The Balaban J connectivity index is 2.09. The highest BCUT2D eigenvalue weighted by Gasteiger charge is 2.21. The van der Waals surface area contributed by atoms with Crippen LogP contribution in [0.1, 0.15) is 28.4 Å². The molecule has 1 atom stereocenters. The summed E-state index contributed by atoms with van der Waals surface area (Å²) in [5.41, 5.74) is 8.48. The zero-order chi connectivity index (χ0) is 24.0. The van der Waals surface area contributed by atoms with E-state index in [0.29, 0.717) is 33.5 Å². The summed E-state index contributed by atoms with van der Waals surface area (Å²) in [4.78, 5) is 29.1. The van der Waals surface area contributed by atoms with Crippen LogP contribution in [0.4, 0.5) is 5.69 Å². The van der Waals surface area contributed by atoms with Gasteiger partial charge in [0.25, 0.3) is 5.91 Å². The minimum absolute atomic E-state index is 0.216. The van der Waals surface area contributed by atoms with Crippen LogP contribution in [0.2, 0.25) is 5.02 Å². The van der Waals surface area contributed by atoms with E-state index in [4.69, 9.17) is 26.8 Å². The van der Waals surface area contributed by atoms with Crippen LogP contribution < -0.4 is 20.5 Å². The molecule has 3 rings (SSSR count). The maximum atomic E-state index is 12.4. The van der Waals surface area contributed by atoms with E-state index < -0.39 is 12.1 Å². The van der Waals surface area contributed by atoms with Crippen molar-refractivity contribution in [3.05, 3.63) is 88.4 Å². The van der Waals surface area contributed by atoms with Gasteiger partial charge in [-0.2, -0.15) is 0 Å². The lowest BCUT2D eigenvalue weighted by Crippen LogP contribution is -2.35. The maximum absolute atomic E-state index is 12.4. The number of hydrogen-bond donors (Lipinski definition) is 2.